The van der Waals surface area contributed by atoms with Crippen molar-refractivity contribution in [1.29, 1.82) is 0 Å². The van der Waals surface area contributed by atoms with E-state index in [0.717, 1.165) is 4.90 Å². The number of nitrogens with zero attached hydrogens (tertiary/aromatic N) is 1. The predicted molar refractivity (Wildman–Crippen MR) is 81.9 cm³/mol. The third kappa shape index (κ3) is 2.44. The highest BCUT2D eigenvalue weighted by Crippen LogP contribution is 2.34. The van der Waals surface area contributed by atoms with Gasteiger partial charge in [0.25, 0.3) is 11.8 Å². The van der Waals surface area contributed by atoms with Crippen LogP contribution in [-0.4, -0.2) is 40.6 Å². The lowest BCUT2D eigenvalue weighted by atomic mass is 9.87. The van der Waals surface area contributed by atoms with Crippen LogP contribution in [0.1, 0.15) is 54.3 Å². The van der Waals surface area contributed by atoms with Gasteiger partial charge < -0.3 is 4.74 Å². The first kappa shape index (κ1) is 16.9. The van der Waals surface area contributed by atoms with Gasteiger partial charge in [-0.15, -0.1) is 0 Å². The molecule has 1 atom stereocenters. The minimum atomic E-state index is -1.90. The van der Waals surface area contributed by atoms with Gasteiger partial charge in [-0.2, -0.15) is 0 Å². The van der Waals surface area contributed by atoms with E-state index in [2.05, 4.69) is 0 Å². The molecule has 1 unspecified atom stereocenters. The molecule has 23 heavy (non-hydrogen) atoms. The van der Waals surface area contributed by atoms with Gasteiger partial charge in [0.05, 0.1) is 17.7 Å². The number of ether oxygens (including phenoxy) is 1. The zero-order chi connectivity index (χ0) is 17.2. The second-order valence-electron chi connectivity index (χ2n) is 5.38. The highest BCUT2D eigenvalue weighted by molar-refractivity contribution is 6.27. The smallest absolute Gasteiger partial charge is 0.340 e. The van der Waals surface area contributed by atoms with Gasteiger partial charge in [0.2, 0.25) is 5.54 Å². The first-order valence-corrected chi connectivity index (χ1v) is 7.58. The summed E-state index contributed by atoms with van der Waals surface area (Å²) < 4.78 is 5.02. The summed E-state index contributed by atoms with van der Waals surface area (Å²) in [5.74, 6) is -2.71. The third-order valence-corrected chi connectivity index (χ3v) is 3.98. The van der Waals surface area contributed by atoms with Gasteiger partial charge in [0.15, 0.2) is 5.78 Å². The SMILES string of the molecule is CCCC(C(C)=O)(C(=O)OCC)N1C(=O)c2ccccc2C1=O. The van der Waals surface area contributed by atoms with Gasteiger partial charge in [0, 0.05) is 0 Å². The summed E-state index contributed by atoms with van der Waals surface area (Å²) in [6.07, 6.45) is 0.471. The number of ketones is 1. The van der Waals surface area contributed by atoms with Crippen LogP contribution in [-0.2, 0) is 14.3 Å². The summed E-state index contributed by atoms with van der Waals surface area (Å²) in [6, 6.07) is 6.29. The van der Waals surface area contributed by atoms with E-state index in [9.17, 15) is 19.2 Å². The molecule has 1 aliphatic rings. The molecule has 2 rings (SSSR count). The van der Waals surface area contributed by atoms with E-state index in [1.165, 1.54) is 19.1 Å². The zero-order valence-corrected chi connectivity index (χ0v) is 13.4. The summed E-state index contributed by atoms with van der Waals surface area (Å²) in [7, 11) is 0. The number of hydrogen-bond acceptors (Lipinski definition) is 5. The van der Waals surface area contributed by atoms with Crippen LogP contribution in [0.3, 0.4) is 0 Å². The van der Waals surface area contributed by atoms with E-state index < -0.39 is 29.1 Å². The fraction of sp³-hybridized carbons (Fsp3) is 0.412. The maximum atomic E-state index is 12.7. The van der Waals surface area contributed by atoms with E-state index in [1.807, 2.05) is 0 Å². The molecule has 1 aromatic carbocycles. The van der Waals surface area contributed by atoms with Crippen LogP contribution in [0, 0.1) is 0 Å². The molecule has 0 aliphatic carbocycles. The molecular weight excluding hydrogens is 298 g/mol. The van der Waals surface area contributed by atoms with Crippen LogP contribution in [0.5, 0.6) is 0 Å². The number of carbonyl (C=O) groups excluding carboxylic acids is 4. The Morgan fingerprint density at radius 1 is 1.09 bits per heavy atom. The Morgan fingerprint density at radius 2 is 1.61 bits per heavy atom. The van der Waals surface area contributed by atoms with Gasteiger partial charge >= 0.3 is 5.97 Å². The molecule has 6 heteroatoms. The molecule has 0 fully saturated rings. The van der Waals surface area contributed by atoms with Crippen LogP contribution >= 0.6 is 0 Å². The summed E-state index contributed by atoms with van der Waals surface area (Å²) in [6.45, 7) is 4.64. The van der Waals surface area contributed by atoms with Gasteiger partial charge in [-0.1, -0.05) is 25.5 Å². The quantitative estimate of drug-likeness (QED) is 0.455. The Kier molecular flexibility index (Phi) is 4.63. The number of rotatable bonds is 6. The highest BCUT2D eigenvalue weighted by atomic mass is 16.5. The standard InChI is InChI=1S/C17H19NO5/c1-4-10-17(11(3)19,16(22)23-5-2)18-14(20)12-8-6-7-9-13(12)15(18)21/h6-9H,4-5,10H2,1-3H3. The highest BCUT2D eigenvalue weighted by Gasteiger charge is 2.57. The largest absolute Gasteiger partial charge is 0.464 e. The number of esters is 1. The number of Topliss-reactive ketones (excluding diaryl/α,β-unsaturated/α-hetero) is 1. The second-order valence-corrected chi connectivity index (χ2v) is 5.38. The second kappa shape index (κ2) is 6.32. The van der Waals surface area contributed by atoms with Crippen molar-refractivity contribution in [2.75, 3.05) is 6.61 Å². The van der Waals surface area contributed by atoms with Crippen LogP contribution in [0.15, 0.2) is 24.3 Å². The maximum Gasteiger partial charge on any atom is 0.340 e. The molecule has 2 amide bonds. The minimum absolute atomic E-state index is 0.0344. The van der Waals surface area contributed by atoms with E-state index in [1.54, 1.807) is 26.0 Å². The van der Waals surface area contributed by atoms with Crippen molar-refractivity contribution in [3.8, 4) is 0 Å². The Hall–Kier alpha value is -2.50. The molecule has 0 saturated heterocycles. The Bertz CT molecular complexity index is 646. The molecule has 1 aromatic rings. The number of amides is 2. The van der Waals surface area contributed by atoms with Crippen molar-refractivity contribution < 1.29 is 23.9 Å². The van der Waals surface area contributed by atoms with Crippen LogP contribution in [0.4, 0.5) is 0 Å². The Balaban J connectivity index is 2.61. The number of imide groups is 1. The number of benzene rings is 1. The fourth-order valence-corrected chi connectivity index (χ4v) is 2.93. The number of hydrogen-bond donors (Lipinski definition) is 0. The van der Waals surface area contributed by atoms with Crippen molar-refractivity contribution in [1.82, 2.24) is 4.90 Å². The monoisotopic (exact) mass is 317 g/mol. The Labute approximate surface area is 134 Å². The van der Waals surface area contributed by atoms with Gasteiger partial charge in [-0.25, -0.2) is 9.69 Å². The zero-order valence-electron chi connectivity index (χ0n) is 13.4. The number of fused-ring (bicyclic) bond motifs is 1. The Morgan fingerprint density at radius 3 is 2.00 bits per heavy atom. The lowest BCUT2D eigenvalue weighted by Crippen LogP contribution is -2.62. The van der Waals surface area contributed by atoms with Gasteiger partial charge in [-0.05, 0) is 32.4 Å². The van der Waals surface area contributed by atoms with Gasteiger partial charge in [0.1, 0.15) is 0 Å². The molecule has 0 N–H and O–H groups in total. The summed E-state index contributed by atoms with van der Waals surface area (Å²) in [5, 5.41) is 0. The topological polar surface area (TPSA) is 80.8 Å². The minimum Gasteiger partial charge on any atom is -0.464 e. The average Bonchev–Trinajstić information content (AvgIpc) is 2.77. The molecule has 0 bridgehead atoms. The summed E-state index contributed by atoms with van der Waals surface area (Å²) in [4.78, 5) is 51.0. The fourth-order valence-electron chi connectivity index (χ4n) is 2.93. The molecule has 6 nitrogen and oxygen atoms in total. The molecule has 122 valence electrons. The average molecular weight is 317 g/mol. The van der Waals surface area contributed by atoms with Gasteiger partial charge in [-0.3, -0.25) is 14.4 Å². The molecule has 0 radical (unpaired) electrons. The molecule has 1 heterocycles. The van der Waals surface area contributed by atoms with Crippen molar-refractivity contribution >= 4 is 23.6 Å². The first-order chi connectivity index (χ1) is 10.9. The van der Waals surface area contributed by atoms with Crippen LogP contribution in [0.2, 0.25) is 0 Å². The van der Waals surface area contributed by atoms with Crippen molar-refractivity contribution in [2.24, 2.45) is 0 Å². The normalized spacial score (nSPS) is 16.0. The van der Waals surface area contributed by atoms with Crippen LogP contribution < -0.4 is 0 Å². The summed E-state index contributed by atoms with van der Waals surface area (Å²) >= 11 is 0. The summed E-state index contributed by atoms with van der Waals surface area (Å²) in [5.41, 5.74) is -1.51. The van der Waals surface area contributed by atoms with E-state index in [4.69, 9.17) is 4.74 Å². The lowest BCUT2D eigenvalue weighted by molar-refractivity contribution is -0.159. The molecule has 0 aromatic heterocycles. The van der Waals surface area contributed by atoms with Crippen LogP contribution in [0.25, 0.3) is 0 Å². The van der Waals surface area contributed by atoms with Crippen molar-refractivity contribution in [3.63, 3.8) is 0 Å². The third-order valence-electron chi connectivity index (χ3n) is 3.98. The van der Waals surface area contributed by atoms with Crippen molar-refractivity contribution in [2.45, 2.75) is 39.2 Å². The van der Waals surface area contributed by atoms with E-state index in [-0.39, 0.29) is 24.2 Å². The molecule has 1 aliphatic heterocycles. The van der Waals surface area contributed by atoms with Crippen molar-refractivity contribution in [3.05, 3.63) is 35.4 Å². The maximum absolute atomic E-state index is 12.7. The molecule has 0 spiro atoms. The lowest BCUT2D eigenvalue weighted by Gasteiger charge is -2.35. The van der Waals surface area contributed by atoms with E-state index in [0.29, 0.717) is 6.42 Å². The first-order valence-electron chi connectivity index (χ1n) is 7.58. The molecule has 0 saturated carbocycles. The van der Waals surface area contributed by atoms with E-state index >= 15 is 0 Å². The molecular formula is C17H19NO5. The predicted octanol–water partition coefficient (Wildman–Crippen LogP) is 1.97. The number of carbonyl (C=O) groups is 4.